The molecule has 2 aliphatic heterocycles. The monoisotopic (exact) mass is 577 g/mol. The Morgan fingerprint density at radius 3 is 2.40 bits per heavy atom. The second kappa shape index (κ2) is 12.2. The molecule has 2 saturated heterocycles. The SMILES string of the molecule is CCN1CCN(c2ccc3c(C(=O)NCC(c4cnc(C(F)(F)F)nc4)N4CCOCC4)c(Cl)ccc3n2)CC1. The third-order valence-corrected chi connectivity index (χ3v) is 7.74. The standard InChI is InChI=1S/C27H31ClF3N7O2/c1-2-36-7-9-38(10-8-36)23-6-3-19-21(35-23)5-4-20(28)24(19)25(39)32-17-22(37-11-13-40-14-12-37)18-15-33-26(34-16-18)27(29,30)31/h3-6,15-16,22H,2,7-14,17H2,1H3,(H,32,39). The number of hydrogen-bond acceptors (Lipinski definition) is 8. The van der Waals surface area contributed by atoms with Crippen molar-refractivity contribution in [2.45, 2.75) is 19.1 Å². The van der Waals surface area contributed by atoms with E-state index < -0.39 is 23.9 Å². The summed E-state index contributed by atoms with van der Waals surface area (Å²) < 4.78 is 44.5. The van der Waals surface area contributed by atoms with Gasteiger partial charge >= 0.3 is 6.18 Å². The van der Waals surface area contributed by atoms with E-state index in [1.807, 2.05) is 17.0 Å². The van der Waals surface area contributed by atoms with E-state index in [4.69, 9.17) is 21.3 Å². The number of fused-ring (bicyclic) bond motifs is 1. The van der Waals surface area contributed by atoms with Gasteiger partial charge in [-0.1, -0.05) is 18.5 Å². The van der Waals surface area contributed by atoms with Gasteiger partial charge in [-0.3, -0.25) is 9.69 Å². The van der Waals surface area contributed by atoms with Crippen LogP contribution >= 0.6 is 11.6 Å². The number of likely N-dealkylation sites (N-methyl/N-ethyl adjacent to an activating group) is 1. The summed E-state index contributed by atoms with van der Waals surface area (Å²) in [5, 5.41) is 3.85. The van der Waals surface area contributed by atoms with Gasteiger partial charge in [0.05, 0.1) is 35.4 Å². The minimum absolute atomic E-state index is 0.119. The van der Waals surface area contributed by atoms with Crippen molar-refractivity contribution in [3.8, 4) is 0 Å². The highest BCUT2D eigenvalue weighted by atomic mass is 35.5. The minimum atomic E-state index is -4.63. The summed E-state index contributed by atoms with van der Waals surface area (Å²) in [5.74, 6) is -0.748. The zero-order chi connectivity index (χ0) is 28.3. The van der Waals surface area contributed by atoms with Crippen LogP contribution < -0.4 is 10.2 Å². The Morgan fingerprint density at radius 2 is 1.75 bits per heavy atom. The number of hydrogen-bond donors (Lipinski definition) is 1. The van der Waals surface area contributed by atoms with Crippen LogP contribution in [0.25, 0.3) is 10.9 Å². The zero-order valence-corrected chi connectivity index (χ0v) is 22.9. The number of anilines is 1. The van der Waals surface area contributed by atoms with Crippen LogP contribution in [0.1, 0.15) is 34.7 Å². The number of aromatic nitrogens is 3. The average Bonchev–Trinajstić information content (AvgIpc) is 2.97. The number of morpholine rings is 1. The molecule has 0 radical (unpaired) electrons. The van der Waals surface area contributed by atoms with Gasteiger partial charge < -0.3 is 19.9 Å². The van der Waals surface area contributed by atoms with Crippen molar-refractivity contribution in [3.63, 3.8) is 0 Å². The number of carbonyl (C=O) groups is 1. The smallest absolute Gasteiger partial charge is 0.379 e. The van der Waals surface area contributed by atoms with Crippen LogP contribution in [-0.2, 0) is 10.9 Å². The molecule has 4 heterocycles. The van der Waals surface area contributed by atoms with E-state index in [1.165, 1.54) is 12.4 Å². The first-order valence-corrected chi connectivity index (χ1v) is 13.7. The highest BCUT2D eigenvalue weighted by molar-refractivity contribution is 6.35. The fourth-order valence-corrected chi connectivity index (χ4v) is 5.40. The lowest BCUT2D eigenvalue weighted by molar-refractivity contribution is -0.145. The number of carbonyl (C=O) groups excluding carboxylic acids is 1. The van der Waals surface area contributed by atoms with Gasteiger partial charge in [-0.05, 0) is 30.8 Å². The number of nitrogens with zero attached hydrogens (tertiary/aromatic N) is 6. The van der Waals surface area contributed by atoms with Crippen LogP contribution in [0.2, 0.25) is 5.02 Å². The molecule has 2 aromatic heterocycles. The molecule has 214 valence electrons. The van der Waals surface area contributed by atoms with Gasteiger partial charge in [0.2, 0.25) is 5.82 Å². The quantitative estimate of drug-likeness (QED) is 0.456. The Morgan fingerprint density at radius 1 is 1.05 bits per heavy atom. The van der Waals surface area contributed by atoms with E-state index in [1.54, 1.807) is 12.1 Å². The Hall–Kier alpha value is -3.06. The lowest BCUT2D eigenvalue weighted by Gasteiger charge is -2.35. The van der Waals surface area contributed by atoms with Gasteiger partial charge in [-0.25, -0.2) is 15.0 Å². The second-order valence-electron chi connectivity index (χ2n) is 9.79. The first kappa shape index (κ1) is 28.5. The Bertz CT molecular complexity index is 1330. The lowest BCUT2D eigenvalue weighted by Crippen LogP contribution is -2.46. The number of pyridine rings is 1. The highest BCUT2D eigenvalue weighted by Gasteiger charge is 2.35. The molecule has 1 N–H and O–H groups in total. The number of ether oxygens (including phenoxy) is 1. The summed E-state index contributed by atoms with van der Waals surface area (Å²) in [7, 11) is 0. The minimum Gasteiger partial charge on any atom is -0.379 e. The van der Waals surface area contributed by atoms with E-state index in [2.05, 4.69) is 32.0 Å². The van der Waals surface area contributed by atoms with E-state index in [-0.39, 0.29) is 11.6 Å². The molecule has 0 spiro atoms. The maximum atomic E-state index is 13.5. The van der Waals surface area contributed by atoms with Gasteiger partial charge in [0.15, 0.2) is 0 Å². The highest BCUT2D eigenvalue weighted by Crippen LogP contribution is 2.29. The van der Waals surface area contributed by atoms with Crippen molar-refractivity contribution in [2.75, 3.05) is 70.5 Å². The van der Waals surface area contributed by atoms with Crippen LogP contribution in [0.15, 0.2) is 36.7 Å². The largest absolute Gasteiger partial charge is 0.451 e. The first-order valence-electron chi connectivity index (χ1n) is 13.3. The fraction of sp³-hybridized carbons (Fsp3) is 0.481. The molecule has 3 aromatic rings. The van der Waals surface area contributed by atoms with Crippen molar-refractivity contribution in [1.82, 2.24) is 30.1 Å². The van der Waals surface area contributed by atoms with Crippen LogP contribution in [0, 0.1) is 0 Å². The molecule has 0 bridgehead atoms. The molecule has 2 fully saturated rings. The van der Waals surface area contributed by atoms with Crippen LogP contribution in [0.5, 0.6) is 0 Å². The third kappa shape index (κ3) is 6.30. The number of alkyl halides is 3. The molecule has 0 saturated carbocycles. The summed E-state index contributed by atoms with van der Waals surface area (Å²) in [5.41, 5.74) is 1.43. The third-order valence-electron chi connectivity index (χ3n) is 7.43. The van der Waals surface area contributed by atoms with Crippen molar-refractivity contribution in [1.29, 1.82) is 0 Å². The normalized spacial score (nSPS) is 18.2. The van der Waals surface area contributed by atoms with Gasteiger partial charge in [0.1, 0.15) is 5.82 Å². The lowest BCUT2D eigenvalue weighted by atomic mass is 10.1. The van der Waals surface area contributed by atoms with Gasteiger partial charge in [-0.15, -0.1) is 0 Å². The summed E-state index contributed by atoms with van der Waals surface area (Å²) in [6.45, 7) is 9.05. The van der Waals surface area contributed by atoms with E-state index in [9.17, 15) is 18.0 Å². The molecule has 0 aliphatic carbocycles. The number of rotatable bonds is 7. The predicted molar refractivity (Wildman–Crippen MR) is 146 cm³/mol. The van der Waals surface area contributed by atoms with Crippen molar-refractivity contribution in [2.24, 2.45) is 0 Å². The van der Waals surface area contributed by atoms with Gasteiger partial charge in [0.25, 0.3) is 5.91 Å². The molecular formula is C27H31ClF3N7O2. The molecule has 9 nitrogen and oxygen atoms in total. The van der Waals surface area contributed by atoms with E-state index >= 15 is 0 Å². The Balaban J connectivity index is 1.36. The number of halogens is 4. The summed E-state index contributed by atoms with van der Waals surface area (Å²) in [6.07, 6.45) is -2.30. The van der Waals surface area contributed by atoms with Crippen molar-refractivity contribution in [3.05, 3.63) is 58.6 Å². The Kier molecular flexibility index (Phi) is 8.69. The predicted octanol–water partition coefficient (Wildman–Crippen LogP) is 3.64. The molecule has 13 heteroatoms. The average molecular weight is 578 g/mol. The second-order valence-corrected chi connectivity index (χ2v) is 10.2. The van der Waals surface area contributed by atoms with Gasteiger partial charge in [0, 0.05) is 69.2 Å². The Labute approximate surface area is 235 Å². The number of piperazine rings is 1. The summed E-state index contributed by atoms with van der Waals surface area (Å²) in [6, 6.07) is 6.79. The number of amides is 1. The van der Waals surface area contributed by atoms with Crippen LogP contribution in [0.4, 0.5) is 19.0 Å². The molecular weight excluding hydrogens is 547 g/mol. The zero-order valence-electron chi connectivity index (χ0n) is 22.1. The number of benzene rings is 1. The molecule has 40 heavy (non-hydrogen) atoms. The van der Waals surface area contributed by atoms with Crippen molar-refractivity contribution < 1.29 is 22.7 Å². The molecule has 1 unspecified atom stereocenters. The summed E-state index contributed by atoms with van der Waals surface area (Å²) in [4.78, 5) is 32.0. The van der Waals surface area contributed by atoms with E-state index in [0.717, 1.165) is 38.5 Å². The van der Waals surface area contributed by atoms with Crippen LogP contribution in [-0.4, -0.2) is 96.2 Å². The van der Waals surface area contributed by atoms with Gasteiger partial charge in [-0.2, -0.15) is 13.2 Å². The molecule has 1 atom stereocenters. The fourth-order valence-electron chi connectivity index (χ4n) is 5.15. The number of nitrogens with one attached hydrogen (secondary N) is 1. The van der Waals surface area contributed by atoms with Crippen LogP contribution in [0.3, 0.4) is 0 Å². The summed E-state index contributed by atoms with van der Waals surface area (Å²) >= 11 is 6.50. The first-order chi connectivity index (χ1) is 19.2. The topological polar surface area (TPSA) is 86.7 Å². The van der Waals surface area contributed by atoms with Crippen molar-refractivity contribution >= 4 is 34.2 Å². The molecule has 1 aromatic carbocycles. The maximum Gasteiger partial charge on any atom is 0.451 e. The maximum absolute atomic E-state index is 13.5. The molecule has 2 aliphatic rings. The molecule has 1 amide bonds. The molecule has 5 rings (SSSR count). The van der Waals surface area contributed by atoms with E-state index in [0.29, 0.717) is 48.3 Å².